The van der Waals surface area contributed by atoms with E-state index in [1.165, 1.54) is 14.2 Å². The van der Waals surface area contributed by atoms with Gasteiger partial charge in [0.2, 0.25) is 29.5 Å². The van der Waals surface area contributed by atoms with Crippen LogP contribution in [-0.2, 0) is 73.4 Å². The van der Waals surface area contributed by atoms with Crippen molar-refractivity contribution in [2.24, 2.45) is 46.8 Å². The Labute approximate surface area is 552 Å². The van der Waals surface area contributed by atoms with Gasteiger partial charge in [-0.1, -0.05) is 106 Å². The van der Waals surface area contributed by atoms with Crippen molar-refractivity contribution in [1.82, 2.24) is 35.1 Å². The number of imide groups is 1. The monoisotopic (exact) mass is 1310 g/mol. The predicted octanol–water partition coefficient (Wildman–Crippen LogP) is 6.81. The number of likely N-dealkylation sites (N-methyl/N-ethyl adjacent to an activating group) is 2. The normalized spacial score (nSPS) is 17.5. The molecular formula is C70H111N7O16. The van der Waals surface area contributed by atoms with Crippen molar-refractivity contribution in [3.05, 3.63) is 48.0 Å². The van der Waals surface area contributed by atoms with Gasteiger partial charge >= 0.3 is 11.9 Å². The van der Waals surface area contributed by atoms with Crippen molar-refractivity contribution in [3.8, 4) is 0 Å². The molecule has 23 heteroatoms. The van der Waals surface area contributed by atoms with Gasteiger partial charge in [0, 0.05) is 128 Å². The van der Waals surface area contributed by atoms with E-state index in [4.69, 9.17) is 9.47 Å². The maximum atomic E-state index is 14.9. The maximum Gasteiger partial charge on any atom is 0.326 e. The number of nitrogens with zero attached hydrogens (tertiary/aromatic N) is 5. The second-order valence-electron chi connectivity index (χ2n) is 27.5. The molecule has 0 bridgehead atoms. The number of aliphatic carboxylic acids is 2. The first-order chi connectivity index (χ1) is 43.7. The highest BCUT2D eigenvalue weighted by molar-refractivity contribution is 6.13. The molecule has 0 saturated carbocycles. The van der Waals surface area contributed by atoms with Crippen LogP contribution in [0.25, 0.3) is 0 Å². The molecule has 93 heavy (non-hydrogen) atoms. The Bertz CT molecular complexity index is 2690. The van der Waals surface area contributed by atoms with Crippen LogP contribution < -0.4 is 10.6 Å². The van der Waals surface area contributed by atoms with E-state index in [2.05, 4.69) is 15.5 Å². The Morgan fingerprint density at radius 3 is 1.91 bits per heavy atom. The molecule has 1 aromatic rings. The van der Waals surface area contributed by atoms with Gasteiger partial charge in [0.05, 0.1) is 36.8 Å². The number of unbranched alkanes of at least 4 members (excludes halogenated alkanes) is 2. The predicted molar refractivity (Wildman–Crippen MR) is 352 cm³/mol. The summed E-state index contributed by atoms with van der Waals surface area (Å²) in [7, 11) is 8.45. The van der Waals surface area contributed by atoms with Gasteiger partial charge < -0.3 is 45.0 Å². The lowest BCUT2D eigenvalue weighted by Gasteiger charge is -2.41. The number of methoxy groups -OCH3 is 2. The number of Topliss-reactive ketones (excluding diaryl/α,β-unsaturated/α-hetero) is 3. The maximum absolute atomic E-state index is 14.9. The topological polar surface area (TPSA) is 304 Å². The van der Waals surface area contributed by atoms with Crippen LogP contribution >= 0.6 is 0 Å². The molecule has 4 N–H and O–H groups in total. The van der Waals surface area contributed by atoms with E-state index in [1.54, 1.807) is 59.0 Å². The molecule has 0 aliphatic carbocycles. The molecule has 11 atom stereocenters. The summed E-state index contributed by atoms with van der Waals surface area (Å²) in [6, 6.07) is 5.98. The van der Waals surface area contributed by atoms with E-state index < -0.39 is 120 Å². The Morgan fingerprint density at radius 1 is 0.731 bits per heavy atom. The largest absolute Gasteiger partial charge is 0.481 e. The number of ketones is 3. The number of benzene rings is 1. The third-order valence-electron chi connectivity index (χ3n) is 18.6. The molecule has 1 aromatic carbocycles. The zero-order chi connectivity index (χ0) is 70.0. The van der Waals surface area contributed by atoms with Crippen LogP contribution in [-0.4, -0.2) is 210 Å². The molecule has 3 rings (SSSR count). The number of carbonyl (C=O) groups is 12. The van der Waals surface area contributed by atoms with Crippen molar-refractivity contribution in [2.75, 3.05) is 68.1 Å². The molecule has 2 heterocycles. The van der Waals surface area contributed by atoms with Crippen LogP contribution in [0.2, 0.25) is 0 Å². The molecule has 2 aliphatic rings. The first-order valence-corrected chi connectivity index (χ1v) is 33.4. The molecule has 0 unspecified atom stereocenters. The molecule has 1 saturated heterocycles. The van der Waals surface area contributed by atoms with Crippen LogP contribution in [0, 0.1) is 46.8 Å². The van der Waals surface area contributed by atoms with E-state index in [9.17, 15) is 67.7 Å². The average molecular weight is 1310 g/mol. The van der Waals surface area contributed by atoms with Gasteiger partial charge in [0.1, 0.15) is 17.6 Å². The average Bonchev–Trinajstić information content (AvgIpc) is 1.83. The van der Waals surface area contributed by atoms with Crippen LogP contribution in [0.4, 0.5) is 0 Å². The second kappa shape index (κ2) is 39.2. The number of ether oxygens (including phenoxy) is 2. The van der Waals surface area contributed by atoms with Crippen LogP contribution in [0.5, 0.6) is 0 Å². The minimum Gasteiger partial charge on any atom is -0.481 e. The van der Waals surface area contributed by atoms with E-state index in [0.717, 1.165) is 35.5 Å². The number of hydrogen-bond donors (Lipinski definition) is 4. The smallest absolute Gasteiger partial charge is 0.326 e. The number of carboxylic acid groups (broad SMARTS) is 2. The third kappa shape index (κ3) is 25.2. The summed E-state index contributed by atoms with van der Waals surface area (Å²) in [6.07, 6.45) is 2.76. The van der Waals surface area contributed by atoms with Gasteiger partial charge in [-0.25, -0.2) is 4.79 Å². The Morgan fingerprint density at radius 2 is 1.35 bits per heavy atom. The zero-order valence-corrected chi connectivity index (χ0v) is 58.2. The highest BCUT2D eigenvalue weighted by atomic mass is 16.5. The second-order valence-corrected chi connectivity index (χ2v) is 27.5. The number of rotatable bonds is 44. The highest BCUT2D eigenvalue weighted by Gasteiger charge is 2.44. The van der Waals surface area contributed by atoms with Gasteiger partial charge in [-0.05, 0) is 94.7 Å². The molecule has 522 valence electrons. The van der Waals surface area contributed by atoms with Gasteiger partial charge in [0.25, 0.3) is 11.8 Å². The first kappa shape index (κ1) is 80.5. The van der Waals surface area contributed by atoms with Crippen LogP contribution in [0.1, 0.15) is 171 Å². The van der Waals surface area contributed by atoms with E-state index in [1.807, 2.05) is 76.4 Å². The fourth-order valence-electron chi connectivity index (χ4n) is 13.1. The minimum atomic E-state index is -1.42. The van der Waals surface area contributed by atoms with Crippen molar-refractivity contribution < 1.29 is 77.2 Å². The van der Waals surface area contributed by atoms with Crippen molar-refractivity contribution in [3.63, 3.8) is 0 Å². The summed E-state index contributed by atoms with van der Waals surface area (Å²) in [5, 5.41) is 25.0. The highest BCUT2D eigenvalue weighted by Crippen LogP contribution is 2.33. The molecule has 1 fully saturated rings. The van der Waals surface area contributed by atoms with Gasteiger partial charge in [0.15, 0.2) is 5.78 Å². The number of likely N-dealkylation sites (tertiary alicyclic amines) is 1. The fourth-order valence-corrected chi connectivity index (χ4v) is 13.1. The van der Waals surface area contributed by atoms with E-state index in [0.29, 0.717) is 45.3 Å². The molecular weight excluding hydrogens is 1190 g/mol. The summed E-state index contributed by atoms with van der Waals surface area (Å²) >= 11 is 0. The minimum absolute atomic E-state index is 0.0263. The molecule has 23 nitrogen and oxygen atoms in total. The molecule has 0 radical (unpaired) electrons. The van der Waals surface area contributed by atoms with Crippen molar-refractivity contribution in [1.29, 1.82) is 0 Å². The summed E-state index contributed by atoms with van der Waals surface area (Å²) < 4.78 is 12.3. The number of amides is 7. The first-order valence-electron chi connectivity index (χ1n) is 33.4. The lowest BCUT2D eigenvalue weighted by Crippen LogP contribution is -2.54. The number of hydrogen-bond acceptors (Lipinski definition) is 15. The Hall–Kier alpha value is -6.72. The number of nitrogens with one attached hydrogen (secondary N) is 2. The molecule has 7 amide bonds. The summed E-state index contributed by atoms with van der Waals surface area (Å²) in [4.78, 5) is 168. The van der Waals surface area contributed by atoms with Crippen LogP contribution in [0.3, 0.4) is 0 Å². The summed E-state index contributed by atoms with van der Waals surface area (Å²) in [5.41, 5.74) is 0.245. The SMILES string of the molecule is CC[C@H](C)[C@@H]([C@@H](CC(=O)N1CCC[C@H]1[C@H](OC)[C@@H](C)C(=O)C[C@@H](Cc1ccccc1)C(=O)C[C@@H](CCC(=O)O)C(=O)N[C@@H](CCCCNC(=O)CCN1C(=O)C=CC1=O)C(=O)O)OC)N(C)C(=O)[C@@H](CC(=O)[C@H](C(C)C)N(C)CCCCN(C)C(=O)C(C)(C)C)C(C)C. The van der Waals surface area contributed by atoms with Gasteiger partial charge in [-0.3, -0.25) is 62.5 Å². The lowest BCUT2D eigenvalue weighted by atomic mass is 9.81. The quantitative estimate of drug-likeness (QED) is 0.0385. The summed E-state index contributed by atoms with van der Waals surface area (Å²) in [6.45, 7) is 20.9. The fraction of sp³-hybridized carbons (Fsp3) is 0.714. The van der Waals surface area contributed by atoms with E-state index >= 15 is 0 Å². The third-order valence-corrected chi connectivity index (χ3v) is 18.6. The molecule has 0 spiro atoms. The van der Waals surface area contributed by atoms with Crippen molar-refractivity contribution >= 4 is 70.6 Å². The Kier molecular flexibility index (Phi) is 34.0. The van der Waals surface area contributed by atoms with Gasteiger partial charge in [-0.15, -0.1) is 0 Å². The number of carboxylic acids is 2. The van der Waals surface area contributed by atoms with Gasteiger partial charge in [-0.2, -0.15) is 0 Å². The lowest BCUT2D eigenvalue weighted by molar-refractivity contribution is -0.149. The molecule has 0 aromatic heterocycles. The van der Waals surface area contributed by atoms with Crippen molar-refractivity contribution in [2.45, 2.75) is 208 Å². The Balaban J connectivity index is 1.77. The van der Waals surface area contributed by atoms with Crippen LogP contribution in [0.15, 0.2) is 42.5 Å². The standard InChI is InChI=1S/C70H111N7O16/c1-16-46(6)64(75(13)67(88)51(44(2)3)42-56(80)63(45(4)5)73(11)35-22-23-36-74(12)69(91)70(8,9)10)57(92-14)43-61(84)76-37-24-28-53(76)65(93-15)47(7)54(78)41-50(39-48-25-18-17-19-26-48)55(79)40-49(29-32-62(85)86)66(87)72-52(68(89)90)27-20-21-34-71-58(81)33-38-77-59(82)30-31-60(77)83/h17-19,25-26,30-31,44-47,49-53,57,63-65H,16,20-24,27-29,32-43H2,1-15H3,(H,71,81)(H,72,87)(H,85,86)(H,89,90)/t46-,47-,49+,50+,51-,52-,53-,57+,63-,64-,65+/m0/s1. The zero-order valence-electron chi connectivity index (χ0n) is 58.2. The number of carbonyl (C=O) groups excluding carboxylic acids is 10. The van der Waals surface area contributed by atoms with E-state index in [-0.39, 0.29) is 111 Å². The summed E-state index contributed by atoms with van der Waals surface area (Å²) in [5.74, 6) is -10.3. The molecule has 2 aliphatic heterocycles.